The van der Waals surface area contributed by atoms with Gasteiger partial charge in [-0.25, -0.2) is 8.42 Å². The molecule has 1 aromatic heterocycles. The van der Waals surface area contributed by atoms with Crippen LogP contribution in [0, 0.1) is 6.92 Å². The Morgan fingerprint density at radius 3 is 2.58 bits per heavy atom. The summed E-state index contributed by atoms with van der Waals surface area (Å²) in [6.45, 7) is 1.77. The standard InChI is InChI=1S/C12H12BrNO3S2/c1-8-11(7-12(13)18-8)19(15,16)14-9-5-3-4-6-10(9)17-2/h3-7,14H,1-2H3. The Labute approximate surface area is 124 Å². The molecule has 0 saturated heterocycles. The van der Waals surface area contributed by atoms with Gasteiger partial charge in [-0.05, 0) is 41.1 Å². The summed E-state index contributed by atoms with van der Waals surface area (Å²) in [7, 11) is -2.11. The van der Waals surface area contributed by atoms with Gasteiger partial charge in [-0.1, -0.05) is 12.1 Å². The summed E-state index contributed by atoms with van der Waals surface area (Å²) in [6.07, 6.45) is 0. The number of anilines is 1. The fourth-order valence-electron chi connectivity index (χ4n) is 1.63. The van der Waals surface area contributed by atoms with Crippen molar-refractivity contribution in [3.63, 3.8) is 0 Å². The van der Waals surface area contributed by atoms with E-state index < -0.39 is 10.0 Å². The van der Waals surface area contributed by atoms with Crippen molar-refractivity contribution in [3.05, 3.63) is 39.0 Å². The lowest BCUT2D eigenvalue weighted by Gasteiger charge is -2.11. The number of halogens is 1. The highest BCUT2D eigenvalue weighted by Gasteiger charge is 2.20. The first-order valence-corrected chi connectivity index (χ1v) is 8.45. The van der Waals surface area contributed by atoms with Crippen LogP contribution >= 0.6 is 27.3 Å². The quantitative estimate of drug-likeness (QED) is 0.904. The molecule has 2 rings (SSSR count). The van der Waals surface area contributed by atoms with Crippen molar-refractivity contribution in [2.45, 2.75) is 11.8 Å². The highest BCUT2D eigenvalue weighted by Crippen LogP contribution is 2.32. The van der Waals surface area contributed by atoms with Crippen LogP contribution in [0.4, 0.5) is 5.69 Å². The van der Waals surface area contributed by atoms with Crippen LogP contribution < -0.4 is 9.46 Å². The first kappa shape index (κ1) is 14.4. The predicted octanol–water partition coefficient (Wildman–Crippen LogP) is 3.63. The number of aryl methyl sites for hydroxylation is 1. The summed E-state index contributed by atoms with van der Waals surface area (Å²) in [6, 6.07) is 8.49. The molecule has 1 aromatic carbocycles. The van der Waals surface area contributed by atoms with Gasteiger partial charge in [-0.3, -0.25) is 4.72 Å². The molecule has 0 amide bonds. The lowest BCUT2D eigenvalue weighted by molar-refractivity contribution is 0.417. The number of rotatable bonds is 4. The average molecular weight is 362 g/mol. The van der Waals surface area contributed by atoms with Crippen LogP contribution in [0.5, 0.6) is 5.75 Å². The summed E-state index contributed by atoms with van der Waals surface area (Å²) in [5.41, 5.74) is 0.423. The fraction of sp³-hybridized carbons (Fsp3) is 0.167. The zero-order valence-corrected chi connectivity index (χ0v) is 13.5. The van der Waals surface area contributed by atoms with Crippen LogP contribution in [0.2, 0.25) is 0 Å². The number of methoxy groups -OCH3 is 1. The molecule has 7 heteroatoms. The van der Waals surface area contributed by atoms with Gasteiger partial charge in [0.25, 0.3) is 10.0 Å². The first-order chi connectivity index (χ1) is 8.94. The van der Waals surface area contributed by atoms with Crippen molar-refractivity contribution >= 4 is 43.0 Å². The summed E-state index contributed by atoms with van der Waals surface area (Å²) in [5.74, 6) is 0.484. The van der Waals surface area contributed by atoms with E-state index >= 15 is 0 Å². The summed E-state index contributed by atoms with van der Waals surface area (Å²) in [4.78, 5) is 1.00. The molecule has 0 spiro atoms. The van der Waals surface area contributed by atoms with Crippen LogP contribution in [-0.4, -0.2) is 15.5 Å². The van der Waals surface area contributed by atoms with E-state index in [0.717, 1.165) is 8.66 Å². The Balaban J connectivity index is 2.39. The molecule has 0 aliphatic heterocycles. The van der Waals surface area contributed by atoms with E-state index in [-0.39, 0.29) is 4.90 Å². The number of sulfonamides is 1. The SMILES string of the molecule is COc1ccccc1NS(=O)(=O)c1cc(Br)sc1C. The van der Waals surface area contributed by atoms with E-state index in [4.69, 9.17) is 4.74 Å². The molecular formula is C12H12BrNO3S2. The zero-order valence-electron chi connectivity index (χ0n) is 10.3. The second-order valence-corrected chi connectivity index (χ2v) is 8.06. The van der Waals surface area contributed by atoms with Gasteiger partial charge in [0.2, 0.25) is 0 Å². The van der Waals surface area contributed by atoms with Gasteiger partial charge in [-0.2, -0.15) is 0 Å². The van der Waals surface area contributed by atoms with Gasteiger partial charge in [0.05, 0.1) is 16.6 Å². The number of nitrogens with one attached hydrogen (secondary N) is 1. The molecule has 0 radical (unpaired) electrons. The van der Waals surface area contributed by atoms with Crippen LogP contribution in [-0.2, 0) is 10.0 Å². The minimum Gasteiger partial charge on any atom is -0.495 e. The van der Waals surface area contributed by atoms with Gasteiger partial charge >= 0.3 is 0 Å². The second-order valence-electron chi connectivity index (χ2n) is 3.78. The van der Waals surface area contributed by atoms with Crippen LogP contribution in [0.25, 0.3) is 0 Å². The summed E-state index contributed by atoms with van der Waals surface area (Å²) < 4.78 is 33.1. The number of hydrogen-bond donors (Lipinski definition) is 1. The number of benzene rings is 1. The van der Waals surface area contributed by atoms with Crippen LogP contribution in [0.1, 0.15) is 4.88 Å². The number of thiophene rings is 1. The minimum absolute atomic E-state index is 0.273. The third kappa shape index (κ3) is 3.10. The molecule has 0 unspecified atom stereocenters. The maximum atomic E-state index is 12.3. The van der Waals surface area contributed by atoms with Gasteiger partial charge in [-0.15, -0.1) is 11.3 Å². The molecule has 0 atom stereocenters. The molecule has 0 fully saturated rings. The van der Waals surface area contributed by atoms with Crippen molar-refractivity contribution in [2.24, 2.45) is 0 Å². The molecule has 19 heavy (non-hydrogen) atoms. The minimum atomic E-state index is -3.61. The van der Waals surface area contributed by atoms with Gasteiger partial charge < -0.3 is 4.74 Å². The normalized spacial score (nSPS) is 11.3. The van der Waals surface area contributed by atoms with Crippen molar-refractivity contribution in [1.82, 2.24) is 0 Å². The summed E-state index contributed by atoms with van der Waals surface area (Å²) >= 11 is 4.67. The predicted molar refractivity (Wildman–Crippen MR) is 80.6 cm³/mol. The molecule has 0 aliphatic rings. The van der Waals surface area contributed by atoms with Crippen molar-refractivity contribution in [3.8, 4) is 5.75 Å². The van der Waals surface area contributed by atoms with Crippen LogP contribution in [0.15, 0.2) is 39.0 Å². The number of para-hydroxylation sites is 2. The van der Waals surface area contributed by atoms with E-state index in [2.05, 4.69) is 20.7 Å². The van der Waals surface area contributed by atoms with Crippen molar-refractivity contribution < 1.29 is 13.2 Å². The highest BCUT2D eigenvalue weighted by atomic mass is 79.9. The molecule has 0 bridgehead atoms. The Morgan fingerprint density at radius 1 is 1.32 bits per heavy atom. The maximum Gasteiger partial charge on any atom is 0.263 e. The van der Waals surface area contributed by atoms with Gasteiger partial charge in [0.15, 0.2) is 0 Å². The highest BCUT2D eigenvalue weighted by molar-refractivity contribution is 9.11. The molecular weight excluding hydrogens is 350 g/mol. The Hall–Kier alpha value is -1.05. The Kier molecular flexibility index (Phi) is 4.17. The van der Waals surface area contributed by atoms with E-state index in [1.165, 1.54) is 18.4 Å². The fourth-order valence-corrected chi connectivity index (χ4v) is 5.11. The Morgan fingerprint density at radius 2 is 2.00 bits per heavy atom. The number of ether oxygens (including phenoxy) is 1. The molecule has 4 nitrogen and oxygen atoms in total. The topological polar surface area (TPSA) is 55.4 Å². The largest absolute Gasteiger partial charge is 0.495 e. The second kappa shape index (κ2) is 5.52. The van der Waals surface area contributed by atoms with E-state index in [9.17, 15) is 8.42 Å². The smallest absolute Gasteiger partial charge is 0.263 e. The molecule has 0 saturated carbocycles. The van der Waals surface area contributed by atoms with Crippen molar-refractivity contribution in [1.29, 1.82) is 0 Å². The number of hydrogen-bond acceptors (Lipinski definition) is 4. The average Bonchev–Trinajstić information content (AvgIpc) is 2.69. The lowest BCUT2D eigenvalue weighted by atomic mass is 10.3. The monoisotopic (exact) mass is 361 g/mol. The molecule has 1 N–H and O–H groups in total. The third-order valence-electron chi connectivity index (χ3n) is 2.48. The zero-order chi connectivity index (χ0) is 14.0. The maximum absolute atomic E-state index is 12.3. The van der Waals surface area contributed by atoms with Gasteiger partial charge in [0.1, 0.15) is 10.6 Å². The first-order valence-electron chi connectivity index (χ1n) is 5.36. The lowest BCUT2D eigenvalue weighted by Crippen LogP contribution is -2.13. The van der Waals surface area contributed by atoms with E-state index in [1.54, 1.807) is 37.3 Å². The Bertz CT molecular complexity index is 695. The molecule has 102 valence electrons. The third-order valence-corrected chi connectivity index (χ3v) is 5.66. The summed E-state index contributed by atoms with van der Waals surface area (Å²) in [5, 5.41) is 0. The molecule has 1 heterocycles. The molecule has 0 aliphatic carbocycles. The van der Waals surface area contributed by atoms with E-state index in [1.807, 2.05) is 0 Å². The van der Waals surface area contributed by atoms with E-state index in [0.29, 0.717) is 11.4 Å². The van der Waals surface area contributed by atoms with Crippen molar-refractivity contribution in [2.75, 3.05) is 11.8 Å². The van der Waals surface area contributed by atoms with Crippen LogP contribution in [0.3, 0.4) is 0 Å². The van der Waals surface area contributed by atoms with Gasteiger partial charge in [0, 0.05) is 4.88 Å². The molecule has 2 aromatic rings.